The summed E-state index contributed by atoms with van der Waals surface area (Å²) in [6, 6.07) is 5.40. The van der Waals surface area contributed by atoms with Gasteiger partial charge in [0.25, 0.3) is 0 Å². The summed E-state index contributed by atoms with van der Waals surface area (Å²) in [6.45, 7) is -0.228. The van der Waals surface area contributed by atoms with Crippen LogP contribution in [0.4, 0.5) is 0 Å². The highest BCUT2D eigenvalue weighted by Gasteiger charge is 2.41. The van der Waals surface area contributed by atoms with E-state index in [1.165, 1.54) is 12.4 Å². The molecule has 1 aromatic carbocycles. The number of rotatable bonds is 10. The normalized spacial score (nSPS) is 21.2. The minimum atomic E-state index is -3.35. The number of sulfone groups is 2. The molecular formula is C26H32N2O6S2. The molecule has 0 spiro atoms. The largest absolute Gasteiger partial charge is 0.390 e. The number of carbonyl (C=O) groups is 1. The van der Waals surface area contributed by atoms with Crippen molar-refractivity contribution in [2.45, 2.75) is 80.0 Å². The molecule has 3 aliphatic rings. The lowest BCUT2D eigenvalue weighted by atomic mass is 9.81. The van der Waals surface area contributed by atoms with E-state index in [0.29, 0.717) is 48.4 Å². The van der Waals surface area contributed by atoms with Gasteiger partial charge in [-0.05, 0) is 74.0 Å². The Morgan fingerprint density at radius 2 is 1.67 bits per heavy atom. The van der Waals surface area contributed by atoms with Gasteiger partial charge in [-0.25, -0.2) is 16.8 Å². The van der Waals surface area contributed by atoms with E-state index in [4.69, 9.17) is 0 Å². The van der Waals surface area contributed by atoms with Gasteiger partial charge in [0.15, 0.2) is 9.84 Å². The van der Waals surface area contributed by atoms with E-state index in [0.717, 1.165) is 24.0 Å². The van der Waals surface area contributed by atoms with Crippen LogP contribution in [0.25, 0.3) is 0 Å². The summed E-state index contributed by atoms with van der Waals surface area (Å²) in [5, 5.41) is 8.92. The van der Waals surface area contributed by atoms with Gasteiger partial charge >= 0.3 is 0 Å². The van der Waals surface area contributed by atoms with Crippen molar-refractivity contribution in [3.8, 4) is 0 Å². The van der Waals surface area contributed by atoms with E-state index < -0.39 is 25.6 Å². The number of carbonyl (C=O) groups excluding carboxylic acids is 1. The number of Topliss-reactive ketones (excluding diaryl/α,β-unsaturated/α-hetero) is 1. The van der Waals surface area contributed by atoms with Crippen molar-refractivity contribution in [2.24, 2.45) is 5.92 Å². The van der Waals surface area contributed by atoms with Crippen LogP contribution in [0.3, 0.4) is 0 Å². The molecule has 0 bridgehead atoms. The van der Waals surface area contributed by atoms with Crippen molar-refractivity contribution in [1.29, 1.82) is 0 Å². The Labute approximate surface area is 212 Å². The number of hydrogen-bond acceptors (Lipinski definition) is 8. The predicted octanol–water partition coefficient (Wildman–Crippen LogP) is 2.89. The Morgan fingerprint density at radius 1 is 1.00 bits per heavy atom. The Balaban J connectivity index is 1.45. The van der Waals surface area contributed by atoms with Crippen molar-refractivity contribution in [3.05, 3.63) is 53.1 Å². The molecular weight excluding hydrogens is 500 g/mol. The first-order valence-corrected chi connectivity index (χ1v) is 16.0. The lowest BCUT2D eigenvalue weighted by Gasteiger charge is -2.27. The Kier molecular flexibility index (Phi) is 7.04. The number of hydrogen-bond donors (Lipinski definition) is 1. The van der Waals surface area contributed by atoms with Crippen molar-refractivity contribution in [1.82, 2.24) is 9.97 Å². The average molecular weight is 533 g/mol. The first kappa shape index (κ1) is 25.5. The second-order valence-electron chi connectivity index (χ2n) is 10.5. The van der Waals surface area contributed by atoms with Crippen LogP contribution < -0.4 is 0 Å². The fourth-order valence-electron chi connectivity index (χ4n) is 5.13. The van der Waals surface area contributed by atoms with E-state index in [-0.39, 0.29) is 47.4 Å². The predicted molar refractivity (Wildman–Crippen MR) is 134 cm³/mol. The maximum Gasteiger partial charge on any atom is 0.181 e. The highest BCUT2D eigenvalue weighted by atomic mass is 32.2. The fourth-order valence-corrected chi connectivity index (χ4v) is 8.65. The van der Waals surface area contributed by atoms with Gasteiger partial charge in [-0.15, -0.1) is 0 Å². The number of nitrogens with zero attached hydrogens (tertiary/aromatic N) is 2. The summed E-state index contributed by atoms with van der Waals surface area (Å²) < 4.78 is 50.0. The number of aliphatic hydroxyl groups excluding tert-OH is 1. The first-order chi connectivity index (χ1) is 17.2. The zero-order valence-corrected chi connectivity index (χ0v) is 21.8. The molecule has 3 fully saturated rings. The smallest absolute Gasteiger partial charge is 0.181 e. The molecule has 1 saturated heterocycles. The third-order valence-electron chi connectivity index (χ3n) is 7.63. The fraction of sp³-hybridized carbons (Fsp3) is 0.577. The molecule has 2 aliphatic carbocycles. The standard InChI is InChI=1S/C26H32N2O6S2/c29-16-21-15-27-20(14-28-21)13-25(30)23(11-17-7-9-35(31,32)10-8-17)19-3-6-26(24(12-19)18-1-2-18)36(33,34)22-4-5-22/h3,6,12,14-15,17-18,22-23,29H,1-2,4-5,7-11,13,16H2. The van der Waals surface area contributed by atoms with Crippen LogP contribution in [0.2, 0.25) is 0 Å². The van der Waals surface area contributed by atoms with Crippen LogP contribution in [0.5, 0.6) is 0 Å². The van der Waals surface area contributed by atoms with Gasteiger partial charge in [0.2, 0.25) is 0 Å². The van der Waals surface area contributed by atoms with E-state index in [1.54, 1.807) is 12.1 Å². The molecule has 0 amide bonds. The molecule has 8 nitrogen and oxygen atoms in total. The monoisotopic (exact) mass is 532 g/mol. The van der Waals surface area contributed by atoms with Crippen LogP contribution >= 0.6 is 0 Å². The second kappa shape index (κ2) is 9.95. The zero-order chi connectivity index (χ0) is 25.5. The number of aromatic nitrogens is 2. The molecule has 36 heavy (non-hydrogen) atoms. The maximum absolute atomic E-state index is 13.6. The van der Waals surface area contributed by atoms with Gasteiger partial charge in [-0.2, -0.15) is 0 Å². The molecule has 2 heterocycles. The first-order valence-electron chi connectivity index (χ1n) is 12.7. The zero-order valence-electron chi connectivity index (χ0n) is 20.2. The average Bonchev–Trinajstić information content (AvgIpc) is 3.76. The van der Waals surface area contributed by atoms with E-state index in [9.17, 15) is 26.7 Å². The highest BCUT2D eigenvalue weighted by molar-refractivity contribution is 7.92. The third-order valence-corrected chi connectivity index (χ3v) is 11.7. The minimum Gasteiger partial charge on any atom is -0.390 e. The van der Waals surface area contributed by atoms with Crippen molar-refractivity contribution in [2.75, 3.05) is 11.5 Å². The van der Waals surface area contributed by atoms with Crippen LogP contribution in [0.15, 0.2) is 35.5 Å². The van der Waals surface area contributed by atoms with Gasteiger partial charge in [0.1, 0.15) is 15.6 Å². The maximum atomic E-state index is 13.6. The minimum absolute atomic E-state index is 0.0472. The molecule has 1 aliphatic heterocycles. The molecule has 10 heteroatoms. The van der Waals surface area contributed by atoms with Gasteiger partial charge < -0.3 is 5.11 Å². The van der Waals surface area contributed by atoms with Crippen molar-refractivity contribution in [3.63, 3.8) is 0 Å². The number of ketones is 1. The van der Waals surface area contributed by atoms with E-state index in [1.807, 2.05) is 6.07 Å². The van der Waals surface area contributed by atoms with Crippen LogP contribution in [-0.2, 0) is 37.5 Å². The van der Waals surface area contributed by atoms with Crippen molar-refractivity contribution >= 4 is 25.5 Å². The lowest BCUT2D eigenvalue weighted by molar-refractivity contribution is -0.120. The summed E-state index contributed by atoms with van der Waals surface area (Å²) in [6.07, 6.45) is 7.89. The third kappa shape index (κ3) is 5.70. The topological polar surface area (TPSA) is 131 Å². The molecule has 1 N–H and O–H groups in total. The van der Waals surface area contributed by atoms with Crippen LogP contribution in [-0.4, -0.2) is 54.4 Å². The van der Waals surface area contributed by atoms with Gasteiger partial charge in [-0.3, -0.25) is 14.8 Å². The number of aliphatic hydroxyl groups is 1. The molecule has 5 rings (SSSR count). The quantitative estimate of drug-likeness (QED) is 0.494. The summed E-state index contributed by atoms with van der Waals surface area (Å²) >= 11 is 0. The van der Waals surface area contributed by atoms with Gasteiger partial charge in [0.05, 0.1) is 52.3 Å². The molecule has 194 valence electrons. The SMILES string of the molecule is O=C(Cc1cnc(CO)cn1)C(CC1CCS(=O)(=O)CC1)c1ccc(S(=O)(=O)C2CC2)c(C2CC2)c1. The van der Waals surface area contributed by atoms with Crippen LogP contribution in [0.1, 0.15) is 79.3 Å². The van der Waals surface area contributed by atoms with Gasteiger partial charge in [0, 0.05) is 12.1 Å². The Bertz CT molecular complexity index is 1330. The molecule has 0 radical (unpaired) electrons. The van der Waals surface area contributed by atoms with Crippen LogP contribution in [0, 0.1) is 5.92 Å². The highest BCUT2D eigenvalue weighted by Crippen LogP contribution is 2.47. The van der Waals surface area contributed by atoms with Gasteiger partial charge in [-0.1, -0.05) is 12.1 Å². The lowest BCUT2D eigenvalue weighted by Crippen LogP contribution is -2.27. The summed E-state index contributed by atoms with van der Waals surface area (Å²) in [5.41, 5.74) is 2.55. The van der Waals surface area contributed by atoms with E-state index >= 15 is 0 Å². The Morgan fingerprint density at radius 3 is 2.25 bits per heavy atom. The number of benzene rings is 1. The Hall–Kier alpha value is -2.17. The summed E-state index contributed by atoms with van der Waals surface area (Å²) in [4.78, 5) is 22.4. The molecule has 2 saturated carbocycles. The molecule has 1 aromatic heterocycles. The molecule has 1 unspecified atom stereocenters. The second-order valence-corrected chi connectivity index (χ2v) is 15.0. The molecule has 2 aromatic rings. The summed E-state index contributed by atoms with van der Waals surface area (Å²) in [5.74, 6) is 0.0572. The van der Waals surface area contributed by atoms with Crippen molar-refractivity contribution < 1.29 is 26.7 Å². The van der Waals surface area contributed by atoms with E-state index in [2.05, 4.69) is 9.97 Å². The summed E-state index contributed by atoms with van der Waals surface area (Å²) in [7, 11) is -6.37. The molecule has 1 atom stereocenters.